The van der Waals surface area contributed by atoms with Crippen molar-refractivity contribution in [1.29, 1.82) is 0 Å². The Labute approximate surface area is 325 Å². The summed E-state index contributed by atoms with van der Waals surface area (Å²) in [5.41, 5.74) is 3.62. The Hall–Kier alpha value is -3.04. The molecule has 9 heteroatoms. The molecule has 54 heavy (non-hydrogen) atoms. The number of hydrogen-bond acceptors (Lipinski definition) is 7. The van der Waals surface area contributed by atoms with Gasteiger partial charge in [-0.25, -0.2) is 0 Å². The van der Waals surface area contributed by atoms with E-state index in [9.17, 15) is 30.0 Å². The zero-order valence-corrected chi connectivity index (χ0v) is 33.3. The number of aliphatic hydroxyl groups excluding tert-OH is 2. The summed E-state index contributed by atoms with van der Waals surface area (Å²) in [6.45, 7) is 10.6. The van der Waals surface area contributed by atoms with Gasteiger partial charge in [-0.3, -0.25) is 14.6 Å². The Morgan fingerprint density at radius 1 is 1.06 bits per heavy atom. The SMILES string of the molecule is CC(=O)c1c(C)nc2ccccc2c1NCc1ccc(CCC2(O)CCC3(C)C(CC(O)C4C3CC(O)C3(C)C4CC[C@@H]3C(C)CCC(=O)O)C2)cc1Cl. The lowest BCUT2D eigenvalue weighted by Gasteiger charge is -2.64. The summed E-state index contributed by atoms with van der Waals surface area (Å²) in [7, 11) is 0. The lowest BCUT2D eigenvalue weighted by Crippen LogP contribution is -2.63. The van der Waals surface area contributed by atoms with E-state index in [1.165, 1.54) is 0 Å². The number of fused-ring (bicyclic) bond motifs is 6. The highest BCUT2D eigenvalue weighted by Gasteiger charge is 2.66. The number of carbonyl (C=O) groups excluding carboxylic acids is 1. The summed E-state index contributed by atoms with van der Waals surface area (Å²) in [6, 6.07) is 13.9. The number of rotatable bonds is 11. The van der Waals surface area contributed by atoms with Gasteiger partial charge in [0.2, 0.25) is 0 Å². The first kappa shape index (κ1) is 39.2. The Balaban J connectivity index is 1.00. The lowest BCUT2D eigenvalue weighted by molar-refractivity contribution is -0.216. The number of aliphatic hydroxyl groups is 3. The fourth-order valence-electron chi connectivity index (χ4n) is 12.4. The number of ketones is 1. The second-order valence-electron chi connectivity index (χ2n) is 18.2. The Morgan fingerprint density at radius 2 is 1.81 bits per heavy atom. The number of aromatic nitrogens is 1. The van der Waals surface area contributed by atoms with E-state index < -0.39 is 23.8 Å². The lowest BCUT2D eigenvalue weighted by atomic mass is 9.42. The molecule has 3 aromatic rings. The molecule has 0 spiro atoms. The second-order valence-corrected chi connectivity index (χ2v) is 18.6. The van der Waals surface area contributed by atoms with Crippen LogP contribution in [-0.2, 0) is 17.8 Å². The van der Waals surface area contributed by atoms with Crippen molar-refractivity contribution in [1.82, 2.24) is 4.98 Å². The average molecular weight is 759 g/mol. The van der Waals surface area contributed by atoms with Crippen LogP contribution >= 0.6 is 11.6 Å². The molecule has 292 valence electrons. The first-order valence-corrected chi connectivity index (χ1v) is 20.6. The van der Waals surface area contributed by atoms with Crippen LogP contribution in [0.4, 0.5) is 5.69 Å². The third-order valence-electron chi connectivity index (χ3n) is 15.4. The van der Waals surface area contributed by atoms with Crippen LogP contribution in [0.15, 0.2) is 42.5 Å². The van der Waals surface area contributed by atoms with Gasteiger partial charge in [-0.15, -0.1) is 0 Å². The highest BCUT2D eigenvalue weighted by molar-refractivity contribution is 6.31. The van der Waals surface area contributed by atoms with Gasteiger partial charge < -0.3 is 25.7 Å². The average Bonchev–Trinajstić information content (AvgIpc) is 3.48. The van der Waals surface area contributed by atoms with Crippen LogP contribution in [0.2, 0.25) is 5.02 Å². The molecule has 7 rings (SSSR count). The third-order valence-corrected chi connectivity index (χ3v) is 15.7. The number of halogens is 1. The molecule has 4 saturated carbocycles. The summed E-state index contributed by atoms with van der Waals surface area (Å²) >= 11 is 6.85. The third kappa shape index (κ3) is 6.88. The number of carboxylic acid groups (broad SMARTS) is 1. The fourth-order valence-corrected chi connectivity index (χ4v) is 12.7. The van der Waals surface area contributed by atoms with Crippen molar-refractivity contribution in [2.75, 3.05) is 5.32 Å². The monoisotopic (exact) mass is 758 g/mol. The van der Waals surface area contributed by atoms with Crippen LogP contribution in [0.25, 0.3) is 10.9 Å². The van der Waals surface area contributed by atoms with E-state index in [1.54, 1.807) is 6.92 Å². The van der Waals surface area contributed by atoms with E-state index in [4.69, 9.17) is 11.6 Å². The minimum atomic E-state index is -0.841. The molecule has 0 saturated heterocycles. The highest BCUT2D eigenvalue weighted by Crippen LogP contribution is 2.69. The maximum Gasteiger partial charge on any atom is 0.303 e. The van der Waals surface area contributed by atoms with E-state index in [2.05, 4.69) is 37.1 Å². The van der Waals surface area contributed by atoms with Crippen LogP contribution in [0.3, 0.4) is 0 Å². The maximum absolute atomic E-state index is 12.6. The predicted octanol–water partition coefficient (Wildman–Crippen LogP) is 8.78. The number of pyridine rings is 1. The smallest absolute Gasteiger partial charge is 0.303 e. The molecule has 0 amide bonds. The van der Waals surface area contributed by atoms with Gasteiger partial charge in [0.05, 0.1) is 40.3 Å². The van der Waals surface area contributed by atoms with Crippen molar-refractivity contribution in [2.45, 2.75) is 130 Å². The number of hydrogen-bond donors (Lipinski definition) is 5. The van der Waals surface area contributed by atoms with Gasteiger partial charge in [0.25, 0.3) is 0 Å². The van der Waals surface area contributed by atoms with Crippen molar-refractivity contribution >= 4 is 39.9 Å². The Kier molecular flexibility index (Phi) is 10.7. The van der Waals surface area contributed by atoms with E-state index in [0.29, 0.717) is 67.8 Å². The number of carbonyl (C=O) groups is 2. The van der Waals surface area contributed by atoms with E-state index >= 15 is 0 Å². The molecule has 11 atom stereocenters. The van der Waals surface area contributed by atoms with Crippen LogP contribution in [-0.4, -0.2) is 55.0 Å². The number of Topliss-reactive ketones (excluding diaryl/α,β-unsaturated/α-hetero) is 1. The van der Waals surface area contributed by atoms with E-state index in [-0.39, 0.29) is 58.5 Å². The van der Waals surface area contributed by atoms with Crippen molar-refractivity contribution in [2.24, 2.45) is 46.3 Å². The Morgan fingerprint density at radius 3 is 2.54 bits per heavy atom. The molecule has 0 radical (unpaired) electrons. The first-order valence-electron chi connectivity index (χ1n) is 20.3. The molecule has 8 nitrogen and oxygen atoms in total. The van der Waals surface area contributed by atoms with Gasteiger partial charge in [0.1, 0.15) is 0 Å². The predicted molar refractivity (Wildman–Crippen MR) is 213 cm³/mol. The molecule has 2 aromatic carbocycles. The molecule has 1 heterocycles. The van der Waals surface area contributed by atoms with Crippen molar-refractivity contribution in [3.8, 4) is 0 Å². The van der Waals surface area contributed by atoms with E-state index in [0.717, 1.165) is 47.0 Å². The van der Waals surface area contributed by atoms with Gasteiger partial charge in [-0.1, -0.05) is 62.7 Å². The molecule has 4 aliphatic rings. The topological polar surface area (TPSA) is 140 Å². The maximum atomic E-state index is 12.6. The zero-order valence-electron chi connectivity index (χ0n) is 32.6. The summed E-state index contributed by atoms with van der Waals surface area (Å²) in [5.74, 6) is 0.330. The number of nitrogens with one attached hydrogen (secondary N) is 1. The number of aryl methyl sites for hydroxylation is 2. The number of nitrogens with zero attached hydrogens (tertiary/aromatic N) is 1. The first-order chi connectivity index (χ1) is 25.6. The normalized spacial score (nSPS) is 35.2. The Bertz CT molecular complexity index is 1920. The summed E-state index contributed by atoms with van der Waals surface area (Å²) in [5, 5.41) is 50.2. The highest BCUT2D eigenvalue weighted by atomic mass is 35.5. The summed E-state index contributed by atoms with van der Waals surface area (Å²) in [4.78, 5) is 28.6. The molecule has 10 unspecified atom stereocenters. The molecule has 0 bridgehead atoms. The largest absolute Gasteiger partial charge is 0.481 e. The molecular weight excluding hydrogens is 700 g/mol. The van der Waals surface area contributed by atoms with Crippen LogP contribution in [0.5, 0.6) is 0 Å². The quantitative estimate of drug-likeness (QED) is 0.122. The number of aliphatic carboxylic acids is 1. The standard InChI is InChI=1S/C45H59ClN2O6/c1-25(10-15-39(52)53)32-13-14-33-41-34(22-38(51)44(32,33)5)43(4)18-19-45(54,23-30(43)21-37(41)50)17-16-28-11-12-29(35(46)20-28)24-47-42-31-8-6-7-9-36(31)48-26(2)40(42)27(3)49/h6-9,11-12,20,25,30,32-34,37-38,41,50-51,54H,10,13-19,21-24H2,1-5H3,(H,47,48)(H,52,53)/t25?,30?,32-,33?,34?,37?,38?,41?,43?,44?,45?/m1/s1. The molecule has 1 aromatic heterocycles. The van der Waals surface area contributed by atoms with Crippen molar-refractivity contribution < 1.29 is 30.0 Å². The molecule has 4 fully saturated rings. The second kappa shape index (κ2) is 14.8. The van der Waals surface area contributed by atoms with Gasteiger partial charge in [0.15, 0.2) is 5.78 Å². The van der Waals surface area contributed by atoms with Gasteiger partial charge in [-0.2, -0.15) is 0 Å². The van der Waals surface area contributed by atoms with E-state index in [1.807, 2.05) is 43.3 Å². The number of carboxylic acids is 1. The van der Waals surface area contributed by atoms with Gasteiger partial charge >= 0.3 is 5.97 Å². The minimum Gasteiger partial charge on any atom is -0.481 e. The number of benzene rings is 2. The number of anilines is 1. The zero-order chi connectivity index (χ0) is 38.7. The molecule has 0 aliphatic heterocycles. The summed E-state index contributed by atoms with van der Waals surface area (Å²) in [6.07, 6.45) is 6.58. The van der Waals surface area contributed by atoms with Crippen LogP contribution in [0.1, 0.15) is 119 Å². The molecule has 4 aliphatic carbocycles. The molecule has 5 N–H and O–H groups in total. The minimum absolute atomic E-state index is 0.0409. The van der Waals surface area contributed by atoms with Gasteiger partial charge in [0, 0.05) is 23.4 Å². The van der Waals surface area contributed by atoms with Crippen molar-refractivity contribution in [3.63, 3.8) is 0 Å². The fraction of sp³-hybridized carbons (Fsp3) is 0.622. The van der Waals surface area contributed by atoms with Crippen molar-refractivity contribution in [3.05, 3.63) is 69.9 Å². The number of para-hydroxylation sites is 1. The summed E-state index contributed by atoms with van der Waals surface area (Å²) < 4.78 is 0. The van der Waals surface area contributed by atoms with Crippen LogP contribution < -0.4 is 5.32 Å². The van der Waals surface area contributed by atoms with Crippen LogP contribution in [0, 0.1) is 53.3 Å². The van der Waals surface area contributed by atoms with Gasteiger partial charge in [-0.05, 0) is 148 Å². The molecular formula is C45H59ClN2O6.